The maximum absolute atomic E-state index is 4.97. The van der Waals surface area contributed by atoms with E-state index in [1.54, 1.807) is 0 Å². The summed E-state index contributed by atoms with van der Waals surface area (Å²) in [6, 6.07) is 22.9. The van der Waals surface area contributed by atoms with E-state index in [0.717, 1.165) is 11.4 Å². The number of halogens is 2. The van der Waals surface area contributed by atoms with E-state index >= 15 is 0 Å². The summed E-state index contributed by atoms with van der Waals surface area (Å²) in [5.74, 6) is 0. The SMILES string of the molecule is Cc1ccc(C2=Cc3c(cccc3C(C)(C)C)[CH]2[Zr+2][CH]2C(c3ccc(C)cn3)=Cc3c2cccc3C(C)(C)C)nc1.[Cl-].[Cl-]. The van der Waals surface area contributed by atoms with E-state index in [1.807, 2.05) is 12.4 Å². The monoisotopic (exact) mass is 684 g/mol. The quantitative estimate of drug-likeness (QED) is 0.328. The second-order valence-corrected chi connectivity index (χ2v) is 17.4. The minimum atomic E-state index is -1.19. The first kappa shape index (κ1) is 33.6. The molecule has 6 rings (SSSR count). The van der Waals surface area contributed by atoms with Crippen LogP contribution in [0.5, 0.6) is 0 Å². The third-order valence-electron chi connectivity index (χ3n) is 8.49. The molecule has 0 amide bonds. The van der Waals surface area contributed by atoms with Gasteiger partial charge in [0.2, 0.25) is 0 Å². The molecular weight excluding hydrogens is 647 g/mol. The van der Waals surface area contributed by atoms with Crippen LogP contribution in [-0.2, 0) is 34.1 Å². The zero-order chi connectivity index (χ0) is 29.1. The Morgan fingerprint density at radius 3 is 1.28 bits per heavy atom. The largest absolute Gasteiger partial charge is 1.00 e. The van der Waals surface area contributed by atoms with Crippen LogP contribution in [0.3, 0.4) is 0 Å². The summed E-state index contributed by atoms with van der Waals surface area (Å²) in [4.78, 5) is 9.94. The van der Waals surface area contributed by atoms with Crippen LogP contribution in [0.1, 0.15) is 105 Å². The summed E-state index contributed by atoms with van der Waals surface area (Å²) < 4.78 is 0.823. The van der Waals surface area contributed by atoms with E-state index in [-0.39, 0.29) is 35.6 Å². The number of hydrogen-bond acceptors (Lipinski definition) is 2. The predicted molar refractivity (Wildman–Crippen MR) is 169 cm³/mol. The molecule has 0 bridgehead atoms. The average Bonchev–Trinajstić information content (AvgIpc) is 3.47. The Kier molecular flexibility index (Phi) is 9.83. The van der Waals surface area contributed by atoms with Gasteiger partial charge >= 0.3 is 259 Å². The molecule has 2 atom stereocenters. The maximum atomic E-state index is 4.97. The Bertz CT molecular complexity index is 1560. The molecule has 5 heteroatoms. The summed E-state index contributed by atoms with van der Waals surface area (Å²) in [6.07, 6.45) is 9.00. The molecule has 0 fully saturated rings. The Balaban J connectivity index is 0.00000212. The Hall–Kier alpha value is -2.32. The van der Waals surface area contributed by atoms with E-state index in [1.165, 1.54) is 55.7 Å². The molecule has 0 N–H and O–H groups in total. The van der Waals surface area contributed by atoms with Gasteiger partial charge in [-0.25, -0.2) is 0 Å². The summed E-state index contributed by atoms with van der Waals surface area (Å²) in [5.41, 5.74) is 16.3. The summed E-state index contributed by atoms with van der Waals surface area (Å²) in [7, 11) is 0. The Morgan fingerprint density at radius 2 is 0.953 bits per heavy atom. The first-order valence-corrected chi connectivity index (χ1v) is 17.6. The third-order valence-corrected chi connectivity index (χ3v) is 13.2. The molecule has 2 aromatic heterocycles. The Morgan fingerprint density at radius 1 is 0.558 bits per heavy atom. The predicted octanol–water partition coefficient (Wildman–Crippen LogP) is 3.67. The zero-order valence-electron chi connectivity index (χ0n) is 26.4. The molecule has 43 heavy (non-hydrogen) atoms. The normalized spacial score (nSPS) is 17.1. The van der Waals surface area contributed by atoms with Crippen LogP contribution in [0.25, 0.3) is 23.3 Å². The second-order valence-electron chi connectivity index (χ2n) is 13.8. The molecule has 0 spiro atoms. The number of nitrogens with zero attached hydrogens (tertiary/aromatic N) is 2. The molecule has 0 saturated carbocycles. The Labute approximate surface area is 281 Å². The van der Waals surface area contributed by atoms with Gasteiger partial charge in [-0.3, -0.25) is 0 Å². The smallest absolute Gasteiger partial charge is 1.00 e. The standard InChI is InChI=1S/2C19H20N.2ClH.Zr/c2*1-13-8-9-18(20-12-13)15-10-14-6-5-7-17(16(14)11-15)19(2,3)4;;;/h2*5-12H,1-4H3;2*1H;/q;;;;+2/p-2. The van der Waals surface area contributed by atoms with Crippen LogP contribution >= 0.6 is 0 Å². The van der Waals surface area contributed by atoms with Crippen LogP contribution in [-0.4, -0.2) is 9.97 Å². The van der Waals surface area contributed by atoms with Crippen molar-refractivity contribution in [2.24, 2.45) is 0 Å². The maximum Gasteiger partial charge on any atom is -1.00 e. The minimum absolute atomic E-state index is 0. The average molecular weight is 687 g/mol. The zero-order valence-corrected chi connectivity index (χ0v) is 30.4. The first-order valence-electron chi connectivity index (χ1n) is 14.7. The van der Waals surface area contributed by atoms with Crippen LogP contribution in [0.4, 0.5) is 0 Å². The van der Waals surface area contributed by atoms with Gasteiger partial charge in [-0.15, -0.1) is 0 Å². The van der Waals surface area contributed by atoms with Gasteiger partial charge in [0, 0.05) is 0 Å². The van der Waals surface area contributed by atoms with Gasteiger partial charge in [-0.2, -0.15) is 0 Å². The van der Waals surface area contributed by atoms with Crippen molar-refractivity contribution in [3.05, 3.63) is 129 Å². The first-order chi connectivity index (χ1) is 19.4. The van der Waals surface area contributed by atoms with Crippen molar-refractivity contribution in [3.8, 4) is 0 Å². The van der Waals surface area contributed by atoms with E-state index in [0.29, 0.717) is 7.25 Å². The number of hydrogen-bond donors (Lipinski definition) is 0. The number of rotatable bonds is 4. The van der Waals surface area contributed by atoms with Gasteiger partial charge in [0.05, 0.1) is 0 Å². The van der Waals surface area contributed by atoms with Crippen molar-refractivity contribution in [1.29, 1.82) is 0 Å². The molecule has 2 aliphatic rings. The molecule has 2 unspecified atom stereocenters. The molecule has 4 aromatic rings. The van der Waals surface area contributed by atoms with Gasteiger partial charge in [-0.05, 0) is 0 Å². The fourth-order valence-corrected chi connectivity index (χ4v) is 11.3. The molecular formula is C38H40Cl2N2Zr. The van der Waals surface area contributed by atoms with E-state index in [2.05, 4.69) is 128 Å². The summed E-state index contributed by atoms with van der Waals surface area (Å²) >= 11 is -1.19. The van der Waals surface area contributed by atoms with Crippen molar-refractivity contribution in [2.45, 2.75) is 73.5 Å². The minimum Gasteiger partial charge on any atom is -1.00 e. The van der Waals surface area contributed by atoms with E-state index < -0.39 is 23.2 Å². The number of benzene rings is 2. The van der Waals surface area contributed by atoms with Gasteiger partial charge in [-0.1, -0.05) is 0 Å². The van der Waals surface area contributed by atoms with Gasteiger partial charge in [0.15, 0.2) is 0 Å². The third kappa shape index (κ3) is 6.42. The second kappa shape index (κ2) is 12.6. The fourth-order valence-electron chi connectivity index (χ4n) is 6.36. The molecule has 0 radical (unpaired) electrons. The molecule has 2 aromatic carbocycles. The molecule has 0 saturated heterocycles. The van der Waals surface area contributed by atoms with Crippen molar-refractivity contribution < 1.29 is 48.0 Å². The molecule has 0 aliphatic heterocycles. The van der Waals surface area contributed by atoms with Crippen LogP contribution < -0.4 is 24.8 Å². The summed E-state index contributed by atoms with van der Waals surface area (Å²) in [5, 5.41) is 0. The van der Waals surface area contributed by atoms with Crippen molar-refractivity contribution in [3.63, 3.8) is 0 Å². The topological polar surface area (TPSA) is 25.8 Å². The molecule has 220 valence electrons. The fraction of sp³-hybridized carbons (Fsp3) is 0.316. The molecule has 2 nitrogen and oxygen atoms in total. The number of allylic oxidation sites excluding steroid dienone is 2. The van der Waals surface area contributed by atoms with E-state index in [9.17, 15) is 0 Å². The van der Waals surface area contributed by atoms with E-state index in [4.69, 9.17) is 9.97 Å². The van der Waals surface area contributed by atoms with Crippen LogP contribution in [0, 0.1) is 13.8 Å². The van der Waals surface area contributed by atoms with Crippen molar-refractivity contribution in [2.75, 3.05) is 0 Å². The number of pyridine rings is 2. The van der Waals surface area contributed by atoms with Crippen LogP contribution in [0.15, 0.2) is 73.1 Å². The van der Waals surface area contributed by atoms with Crippen molar-refractivity contribution >= 4 is 23.3 Å². The van der Waals surface area contributed by atoms with Crippen molar-refractivity contribution in [1.82, 2.24) is 9.97 Å². The summed E-state index contributed by atoms with van der Waals surface area (Å²) in [6.45, 7) is 18.2. The van der Waals surface area contributed by atoms with Gasteiger partial charge in [0.1, 0.15) is 0 Å². The van der Waals surface area contributed by atoms with Gasteiger partial charge in [0.25, 0.3) is 0 Å². The number of aryl methyl sites for hydroxylation is 2. The number of aromatic nitrogens is 2. The van der Waals surface area contributed by atoms with Gasteiger partial charge < -0.3 is 24.8 Å². The van der Waals surface area contributed by atoms with Crippen LogP contribution in [0.2, 0.25) is 0 Å². The number of fused-ring (bicyclic) bond motifs is 2. The molecule has 2 aliphatic carbocycles. The molecule has 2 heterocycles.